The first kappa shape index (κ1) is 10.4. The van der Waals surface area contributed by atoms with Crippen LogP contribution in [0, 0.1) is 0 Å². The summed E-state index contributed by atoms with van der Waals surface area (Å²) in [6.45, 7) is 2.90. The molecule has 1 atom stereocenters. The topological polar surface area (TPSA) is 63.7 Å². The normalized spacial score (nSPS) is 19.0. The van der Waals surface area contributed by atoms with E-state index in [1.54, 1.807) is 6.33 Å². The Morgan fingerprint density at radius 2 is 2.35 bits per heavy atom. The highest BCUT2D eigenvalue weighted by Crippen LogP contribution is 2.28. The van der Waals surface area contributed by atoms with Gasteiger partial charge in [0, 0.05) is 24.4 Å². The lowest BCUT2D eigenvalue weighted by atomic mass is 10.1. The monoisotopic (exact) mass is 230 g/mol. The highest BCUT2D eigenvalue weighted by atomic mass is 16.5. The van der Waals surface area contributed by atoms with Gasteiger partial charge in [0.1, 0.15) is 6.10 Å². The molecule has 0 aliphatic carbocycles. The van der Waals surface area contributed by atoms with E-state index in [9.17, 15) is 0 Å². The highest BCUT2D eigenvalue weighted by Gasteiger charge is 2.24. The predicted octanol–water partition coefficient (Wildman–Crippen LogP) is 1.89. The Morgan fingerprint density at radius 3 is 2.94 bits per heavy atom. The van der Waals surface area contributed by atoms with E-state index < -0.39 is 0 Å². The van der Waals surface area contributed by atoms with Crippen molar-refractivity contribution in [2.24, 2.45) is 0 Å². The van der Waals surface area contributed by atoms with E-state index in [2.05, 4.69) is 26.9 Å². The molecule has 5 heteroatoms. The van der Waals surface area contributed by atoms with Gasteiger partial charge < -0.3 is 9.72 Å². The molecule has 1 aliphatic rings. The van der Waals surface area contributed by atoms with E-state index >= 15 is 0 Å². The third-order valence-corrected chi connectivity index (χ3v) is 2.98. The quantitative estimate of drug-likeness (QED) is 0.874. The van der Waals surface area contributed by atoms with Gasteiger partial charge in [-0.3, -0.25) is 0 Å². The number of ether oxygens (including phenoxy) is 1. The molecule has 0 bridgehead atoms. The molecule has 88 valence electrons. The first-order valence-electron chi connectivity index (χ1n) is 5.85. The zero-order valence-corrected chi connectivity index (χ0v) is 9.68. The zero-order chi connectivity index (χ0) is 11.7. The van der Waals surface area contributed by atoms with Gasteiger partial charge in [0.2, 0.25) is 0 Å². The van der Waals surface area contributed by atoms with Crippen molar-refractivity contribution in [1.29, 1.82) is 0 Å². The van der Waals surface area contributed by atoms with E-state index in [0.29, 0.717) is 0 Å². The maximum Gasteiger partial charge on any atom is 0.157 e. The molecule has 17 heavy (non-hydrogen) atoms. The second-order valence-corrected chi connectivity index (χ2v) is 4.04. The molecule has 0 spiro atoms. The van der Waals surface area contributed by atoms with Gasteiger partial charge in [0.15, 0.2) is 5.82 Å². The van der Waals surface area contributed by atoms with Crippen LogP contribution in [-0.4, -0.2) is 26.5 Å². The summed E-state index contributed by atoms with van der Waals surface area (Å²) in [5.41, 5.74) is 2.91. The van der Waals surface area contributed by atoms with Crippen LogP contribution in [0.3, 0.4) is 0 Å². The van der Waals surface area contributed by atoms with E-state index in [1.807, 2.05) is 12.4 Å². The maximum absolute atomic E-state index is 5.40. The summed E-state index contributed by atoms with van der Waals surface area (Å²) < 4.78 is 5.40. The maximum atomic E-state index is 5.40. The average Bonchev–Trinajstić information content (AvgIpc) is 2.80. The van der Waals surface area contributed by atoms with Crippen molar-refractivity contribution in [3.05, 3.63) is 30.2 Å². The number of aryl methyl sites for hydroxylation is 1. The Bertz CT molecular complexity index is 505. The first-order valence-corrected chi connectivity index (χ1v) is 5.85. The Morgan fingerprint density at radius 1 is 1.47 bits per heavy atom. The third kappa shape index (κ3) is 1.82. The van der Waals surface area contributed by atoms with Crippen molar-refractivity contribution in [2.45, 2.75) is 25.9 Å². The van der Waals surface area contributed by atoms with Gasteiger partial charge in [-0.1, -0.05) is 6.92 Å². The minimum atomic E-state index is 0.0912. The number of nitrogens with one attached hydrogen (secondary N) is 1. The van der Waals surface area contributed by atoms with Gasteiger partial charge in [0.25, 0.3) is 0 Å². The number of hydrogen-bond acceptors (Lipinski definition) is 4. The van der Waals surface area contributed by atoms with Gasteiger partial charge in [-0.15, -0.1) is 0 Å². The molecule has 1 aliphatic heterocycles. The van der Waals surface area contributed by atoms with Crippen molar-refractivity contribution in [3.8, 4) is 11.3 Å². The highest BCUT2D eigenvalue weighted by molar-refractivity contribution is 5.59. The van der Waals surface area contributed by atoms with Gasteiger partial charge in [-0.2, -0.15) is 0 Å². The molecular weight excluding hydrogens is 216 g/mol. The van der Waals surface area contributed by atoms with Crippen molar-refractivity contribution < 1.29 is 4.74 Å². The molecule has 0 aromatic carbocycles. The second kappa shape index (κ2) is 4.25. The lowest BCUT2D eigenvalue weighted by molar-refractivity contribution is -0.0580. The number of nitrogens with zero attached hydrogens (tertiary/aromatic N) is 3. The fourth-order valence-electron chi connectivity index (χ4n) is 1.92. The van der Waals surface area contributed by atoms with Crippen molar-refractivity contribution in [3.63, 3.8) is 0 Å². The van der Waals surface area contributed by atoms with Crippen molar-refractivity contribution in [2.75, 3.05) is 6.61 Å². The first-order chi connectivity index (χ1) is 8.38. The molecule has 1 unspecified atom stereocenters. The van der Waals surface area contributed by atoms with Gasteiger partial charge in [-0.25, -0.2) is 15.0 Å². The summed E-state index contributed by atoms with van der Waals surface area (Å²) in [7, 11) is 0. The largest absolute Gasteiger partial charge is 0.370 e. The molecule has 0 radical (unpaired) electrons. The summed E-state index contributed by atoms with van der Waals surface area (Å²) in [5, 5.41) is 0. The zero-order valence-electron chi connectivity index (χ0n) is 9.68. The minimum Gasteiger partial charge on any atom is -0.370 e. The Kier molecular flexibility index (Phi) is 2.60. The molecule has 3 rings (SSSR count). The molecule has 2 aromatic rings. The van der Waals surface area contributed by atoms with Crippen LogP contribution in [0.1, 0.15) is 31.0 Å². The number of rotatable bonds is 3. The molecule has 1 fully saturated rings. The number of aromatic amines is 1. The summed E-state index contributed by atoms with van der Waals surface area (Å²) in [4.78, 5) is 16.1. The Labute approximate surface area is 99.3 Å². The van der Waals surface area contributed by atoms with Gasteiger partial charge in [-0.05, 0) is 6.42 Å². The van der Waals surface area contributed by atoms with Gasteiger partial charge >= 0.3 is 0 Å². The van der Waals surface area contributed by atoms with Crippen molar-refractivity contribution >= 4 is 0 Å². The molecule has 2 aromatic heterocycles. The van der Waals surface area contributed by atoms with Gasteiger partial charge in [0.05, 0.1) is 24.3 Å². The predicted molar refractivity (Wildman–Crippen MR) is 62.3 cm³/mol. The summed E-state index contributed by atoms with van der Waals surface area (Å²) in [6.07, 6.45) is 7.34. The molecule has 0 amide bonds. The smallest absolute Gasteiger partial charge is 0.157 e. The molecule has 1 N–H and O–H groups in total. The van der Waals surface area contributed by atoms with Crippen LogP contribution in [0.25, 0.3) is 11.3 Å². The van der Waals surface area contributed by atoms with Crippen LogP contribution in [0.2, 0.25) is 0 Å². The Hall–Kier alpha value is -1.75. The summed E-state index contributed by atoms with van der Waals surface area (Å²) in [5.74, 6) is 0.799. The van der Waals surface area contributed by atoms with Crippen LogP contribution < -0.4 is 0 Å². The third-order valence-electron chi connectivity index (χ3n) is 2.98. The molecule has 5 nitrogen and oxygen atoms in total. The molecular formula is C12H14N4O. The molecule has 1 saturated heterocycles. The van der Waals surface area contributed by atoms with E-state index in [1.165, 1.54) is 0 Å². The number of aromatic nitrogens is 4. The lowest BCUT2D eigenvalue weighted by Gasteiger charge is -2.25. The van der Waals surface area contributed by atoms with Crippen LogP contribution in [0.4, 0.5) is 0 Å². The average molecular weight is 230 g/mol. The van der Waals surface area contributed by atoms with Crippen LogP contribution in [0.5, 0.6) is 0 Å². The van der Waals surface area contributed by atoms with Crippen LogP contribution in [-0.2, 0) is 11.2 Å². The fourth-order valence-corrected chi connectivity index (χ4v) is 1.92. The molecule has 0 saturated carbocycles. The van der Waals surface area contributed by atoms with Crippen LogP contribution >= 0.6 is 0 Å². The number of imidazole rings is 1. The fraction of sp³-hybridized carbons (Fsp3) is 0.417. The van der Waals surface area contributed by atoms with Crippen molar-refractivity contribution in [1.82, 2.24) is 19.9 Å². The number of hydrogen-bond donors (Lipinski definition) is 1. The summed E-state index contributed by atoms with van der Waals surface area (Å²) >= 11 is 0. The SMILES string of the molecule is CCc1nc(C2CCO2)ncc1-c1c[nH]cn1. The van der Waals surface area contributed by atoms with E-state index in [-0.39, 0.29) is 6.10 Å². The van der Waals surface area contributed by atoms with Crippen LogP contribution in [0.15, 0.2) is 18.7 Å². The second-order valence-electron chi connectivity index (χ2n) is 4.04. The summed E-state index contributed by atoms with van der Waals surface area (Å²) in [6, 6.07) is 0. The van der Waals surface area contributed by atoms with E-state index in [0.717, 1.165) is 42.2 Å². The lowest BCUT2D eigenvalue weighted by Crippen LogP contribution is -2.21. The molecule has 3 heterocycles. The van der Waals surface area contributed by atoms with E-state index in [4.69, 9.17) is 4.74 Å². The standard InChI is InChI=1S/C12H14N4O/c1-2-9-8(10-6-13-7-15-10)5-14-12(16-9)11-3-4-17-11/h5-7,11H,2-4H2,1H3,(H,13,15). The minimum absolute atomic E-state index is 0.0912. The number of H-pyrrole nitrogens is 1. The Balaban J connectivity index is 1.99.